The molecule has 2 aromatic carbocycles. The number of fused-ring (bicyclic) bond motifs is 1. The van der Waals surface area contributed by atoms with E-state index < -0.39 is 0 Å². The van der Waals surface area contributed by atoms with Crippen molar-refractivity contribution >= 4 is 11.6 Å². The number of para-hydroxylation sites is 1. The highest BCUT2D eigenvalue weighted by Gasteiger charge is 2.22. The Kier molecular flexibility index (Phi) is 4.93. The van der Waals surface area contributed by atoms with Gasteiger partial charge in [-0.25, -0.2) is 0 Å². The van der Waals surface area contributed by atoms with E-state index in [2.05, 4.69) is 59.6 Å². The van der Waals surface area contributed by atoms with Gasteiger partial charge in [-0.05, 0) is 30.0 Å². The molecule has 136 valence electrons. The Hall–Kier alpha value is -2.33. The lowest BCUT2D eigenvalue weighted by atomic mass is 10.1. The molecule has 2 aliphatic heterocycles. The van der Waals surface area contributed by atoms with Crippen molar-refractivity contribution in [2.75, 3.05) is 38.0 Å². The summed E-state index contributed by atoms with van der Waals surface area (Å²) in [5, 5.41) is 3.53. The minimum absolute atomic E-state index is 0.246. The van der Waals surface area contributed by atoms with Gasteiger partial charge in [-0.15, -0.1) is 0 Å². The Balaban J connectivity index is 1.31. The Morgan fingerprint density at radius 1 is 1.04 bits per heavy atom. The molecular formula is C22H27N3O. The van der Waals surface area contributed by atoms with Crippen LogP contribution in [0.15, 0.2) is 42.5 Å². The molecule has 0 aliphatic carbocycles. The van der Waals surface area contributed by atoms with Gasteiger partial charge >= 0.3 is 0 Å². The van der Waals surface area contributed by atoms with Crippen LogP contribution in [0.1, 0.15) is 22.3 Å². The fourth-order valence-corrected chi connectivity index (χ4v) is 3.93. The summed E-state index contributed by atoms with van der Waals surface area (Å²) in [5.74, 6) is 0.246. The molecule has 1 saturated heterocycles. The third-order valence-corrected chi connectivity index (χ3v) is 5.53. The highest BCUT2D eigenvalue weighted by Crippen LogP contribution is 2.27. The van der Waals surface area contributed by atoms with Gasteiger partial charge in [0.05, 0.1) is 6.42 Å². The second kappa shape index (κ2) is 7.50. The standard InChI is InChI=1S/C22H27N3O/c1-17-5-7-18(8-6-17)15-21(26)25-13-11-24(12-14-25)16-20-4-2-3-19-9-10-23-22(19)20/h2-8,23H,9-16H2,1H3. The number of carbonyl (C=O) groups excluding carboxylic acids is 1. The third kappa shape index (κ3) is 3.75. The van der Waals surface area contributed by atoms with E-state index in [1.54, 1.807) is 0 Å². The van der Waals surface area contributed by atoms with Gasteiger partial charge in [0.1, 0.15) is 0 Å². The molecular weight excluding hydrogens is 322 g/mol. The van der Waals surface area contributed by atoms with Crippen LogP contribution >= 0.6 is 0 Å². The Labute approximate surface area is 155 Å². The zero-order chi connectivity index (χ0) is 17.9. The maximum Gasteiger partial charge on any atom is 0.227 e. The second-order valence-electron chi connectivity index (χ2n) is 7.45. The number of aryl methyl sites for hydroxylation is 1. The SMILES string of the molecule is Cc1ccc(CC(=O)N2CCN(Cc3cccc4c3NCC4)CC2)cc1. The minimum atomic E-state index is 0.246. The molecule has 1 amide bonds. The molecule has 0 aromatic heterocycles. The highest BCUT2D eigenvalue weighted by atomic mass is 16.2. The van der Waals surface area contributed by atoms with Crippen LogP contribution in [-0.2, 0) is 24.2 Å². The van der Waals surface area contributed by atoms with Gasteiger partial charge < -0.3 is 10.2 Å². The van der Waals surface area contributed by atoms with Crippen molar-refractivity contribution in [2.45, 2.75) is 26.3 Å². The van der Waals surface area contributed by atoms with E-state index in [9.17, 15) is 4.79 Å². The van der Waals surface area contributed by atoms with E-state index in [1.807, 2.05) is 4.90 Å². The summed E-state index contributed by atoms with van der Waals surface area (Å²) in [5.41, 5.74) is 6.50. The Morgan fingerprint density at radius 3 is 2.58 bits per heavy atom. The largest absolute Gasteiger partial charge is 0.384 e. The zero-order valence-electron chi connectivity index (χ0n) is 15.5. The Bertz CT molecular complexity index is 776. The van der Waals surface area contributed by atoms with Crippen LogP contribution in [0.3, 0.4) is 0 Å². The van der Waals surface area contributed by atoms with E-state index in [0.717, 1.165) is 51.3 Å². The van der Waals surface area contributed by atoms with E-state index in [-0.39, 0.29) is 5.91 Å². The molecule has 4 rings (SSSR count). The average molecular weight is 349 g/mol. The molecule has 1 N–H and O–H groups in total. The van der Waals surface area contributed by atoms with Crippen LogP contribution in [0.5, 0.6) is 0 Å². The first-order valence-electron chi connectivity index (χ1n) is 9.59. The lowest BCUT2D eigenvalue weighted by molar-refractivity contribution is -0.132. The quantitative estimate of drug-likeness (QED) is 0.922. The summed E-state index contributed by atoms with van der Waals surface area (Å²) in [6.07, 6.45) is 1.64. The first-order chi connectivity index (χ1) is 12.7. The molecule has 4 nitrogen and oxygen atoms in total. The number of amides is 1. The number of benzene rings is 2. The summed E-state index contributed by atoms with van der Waals surface area (Å²) in [4.78, 5) is 17.0. The monoisotopic (exact) mass is 349 g/mol. The molecule has 26 heavy (non-hydrogen) atoms. The van der Waals surface area contributed by atoms with E-state index in [1.165, 1.54) is 22.4 Å². The fourth-order valence-electron chi connectivity index (χ4n) is 3.93. The summed E-state index contributed by atoms with van der Waals surface area (Å²) in [6, 6.07) is 14.9. The van der Waals surface area contributed by atoms with Crippen molar-refractivity contribution in [3.8, 4) is 0 Å². The molecule has 1 fully saturated rings. The van der Waals surface area contributed by atoms with Crippen LogP contribution in [0.4, 0.5) is 5.69 Å². The van der Waals surface area contributed by atoms with E-state index in [0.29, 0.717) is 6.42 Å². The number of hydrogen-bond donors (Lipinski definition) is 1. The van der Waals surface area contributed by atoms with Crippen LogP contribution in [0.2, 0.25) is 0 Å². The first kappa shape index (κ1) is 17.1. The van der Waals surface area contributed by atoms with Crippen LogP contribution in [-0.4, -0.2) is 48.4 Å². The molecule has 2 heterocycles. The fraction of sp³-hybridized carbons (Fsp3) is 0.409. The molecule has 0 saturated carbocycles. The van der Waals surface area contributed by atoms with Crippen LogP contribution < -0.4 is 5.32 Å². The summed E-state index contributed by atoms with van der Waals surface area (Å²) >= 11 is 0. The third-order valence-electron chi connectivity index (χ3n) is 5.53. The molecule has 0 unspecified atom stereocenters. The van der Waals surface area contributed by atoms with Crippen LogP contribution in [0, 0.1) is 6.92 Å². The van der Waals surface area contributed by atoms with Crippen molar-refractivity contribution in [1.82, 2.24) is 9.80 Å². The smallest absolute Gasteiger partial charge is 0.227 e. The molecule has 2 aromatic rings. The Morgan fingerprint density at radius 2 is 1.81 bits per heavy atom. The van der Waals surface area contributed by atoms with Crippen molar-refractivity contribution in [1.29, 1.82) is 0 Å². The number of anilines is 1. The predicted molar refractivity (Wildman–Crippen MR) is 105 cm³/mol. The van der Waals surface area contributed by atoms with Gasteiger partial charge in [0.15, 0.2) is 0 Å². The molecule has 4 heteroatoms. The first-order valence-corrected chi connectivity index (χ1v) is 9.59. The number of piperazine rings is 1. The maximum absolute atomic E-state index is 12.6. The summed E-state index contributed by atoms with van der Waals surface area (Å²) in [7, 11) is 0. The van der Waals surface area contributed by atoms with Crippen molar-refractivity contribution in [2.24, 2.45) is 0 Å². The predicted octanol–water partition coefficient (Wildman–Crippen LogP) is 2.85. The van der Waals surface area contributed by atoms with Crippen LogP contribution in [0.25, 0.3) is 0 Å². The van der Waals surface area contributed by atoms with Crippen molar-refractivity contribution < 1.29 is 4.79 Å². The summed E-state index contributed by atoms with van der Waals surface area (Å²) < 4.78 is 0. The topological polar surface area (TPSA) is 35.6 Å². The summed E-state index contributed by atoms with van der Waals surface area (Å²) in [6.45, 7) is 7.64. The van der Waals surface area contributed by atoms with E-state index in [4.69, 9.17) is 0 Å². The van der Waals surface area contributed by atoms with Gasteiger partial charge in [0.2, 0.25) is 5.91 Å². The second-order valence-corrected chi connectivity index (χ2v) is 7.45. The minimum Gasteiger partial charge on any atom is -0.384 e. The normalized spacial score (nSPS) is 17.0. The zero-order valence-corrected chi connectivity index (χ0v) is 15.5. The van der Waals surface area contributed by atoms with Gasteiger partial charge in [-0.2, -0.15) is 0 Å². The molecule has 0 spiro atoms. The van der Waals surface area contributed by atoms with Gasteiger partial charge in [0.25, 0.3) is 0 Å². The van der Waals surface area contributed by atoms with E-state index >= 15 is 0 Å². The molecule has 0 atom stereocenters. The number of rotatable bonds is 4. The van der Waals surface area contributed by atoms with Gasteiger partial charge in [-0.3, -0.25) is 9.69 Å². The van der Waals surface area contributed by atoms with Crippen molar-refractivity contribution in [3.05, 3.63) is 64.7 Å². The highest BCUT2D eigenvalue weighted by molar-refractivity contribution is 5.78. The molecule has 2 aliphatic rings. The molecule has 0 bridgehead atoms. The number of nitrogens with zero attached hydrogens (tertiary/aromatic N) is 2. The van der Waals surface area contributed by atoms with Crippen molar-refractivity contribution in [3.63, 3.8) is 0 Å². The maximum atomic E-state index is 12.6. The van der Waals surface area contributed by atoms with Gasteiger partial charge in [0, 0.05) is 45.0 Å². The lowest BCUT2D eigenvalue weighted by Crippen LogP contribution is -2.48. The number of hydrogen-bond acceptors (Lipinski definition) is 3. The number of nitrogens with one attached hydrogen (secondary N) is 1. The van der Waals surface area contributed by atoms with Gasteiger partial charge in [-0.1, -0.05) is 48.0 Å². The molecule has 0 radical (unpaired) electrons. The average Bonchev–Trinajstić information content (AvgIpc) is 3.14. The number of carbonyl (C=O) groups is 1. The lowest BCUT2D eigenvalue weighted by Gasteiger charge is -2.35.